The maximum Gasteiger partial charge on any atom is 0.321 e. The quantitative estimate of drug-likeness (QED) is 0.673. The first-order chi connectivity index (χ1) is 12.5. The van der Waals surface area contributed by atoms with Crippen molar-refractivity contribution in [1.82, 2.24) is 10.6 Å². The van der Waals surface area contributed by atoms with Gasteiger partial charge in [0.25, 0.3) is 5.91 Å². The molecule has 0 aliphatic heterocycles. The van der Waals surface area contributed by atoms with Gasteiger partial charge in [-0.25, -0.2) is 4.79 Å². The molecule has 3 N–H and O–H groups in total. The van der Waals surface area contributed by atoms with E-state index in [1.165, 1.54) is 6.42 Å². The molecule has 0 radical (unpaired) electrons. The average Bonchev–Trinajstić information content (AvgIpc) is 2.63. The van der Waals surface area contributed by atoms with Crippen molar-refractivity contribution in [1.29, 1.82) is 0 Å². The lowest BCUT2D eigenvalue weighted by atomic mass is 9.96. The van der Waals surface area contributed by atoms with Gasteiger partial charge in [0.15, 0.2) is 6.04 Å². The number of quaternary nitrogens is 1. The van der Waals surface area contributed by atoms with E-state index >= 15 is 0 Å². The maximum atomic E-state index is 12.3. The Morgan fingerprint density at radius 1 is 1.23 bits per heavy atom. The van der Waals surface area contributed by atoms with Crippen LogP contribution in [0.2, 0.25) is 5.02 Å². The minimum atomic E-state index is -0.390. The average molecular weight is 383 g/mol. The summed E-state index contributed by atoms with van der Waals surface area (Å²) in [5.41, 5.74) is 0. The summed E-state index contributed by atoms with van der Waals surface area (Å²) in [6, 6.07) is 6.61. The van der Waals surface area contributed by atoms with Crippen molar-refractivity contribution in [3.63, 3.8) is 0 Å². The molecule has 26 heavy (non-hydrogen) atoms. The fourth-order valence-electron chi connectivity index (χ4n) is 2.99. The number of hydrogen-bond donors (Lipinski definition) is 3. The van der Waals surface area contributed by atoms with Crippen molar-refractivity contribution in [3.8, 4) is 5.75 Å². The maximum absolute atomic E-state index is 12.3. The lowest BCUT2D eigenvalue weighted by Crippen LogP contribution is -3.14. The molecule has 2 atom stereocenters. The topological polar surface area (TPSA) is 71.9 Å². The second-order valence-electron chi connectivity index (χ2n) is 6.92. The van der Waals surface area contributed by atoms with E-state index in [4.69, 9.17) is 16.3 Å². The largest absolute Gasteiger partial charge is 0.488 e. The Balaban J connectivity index is 1.68. The Labute approximate surface area is 160 Å². The molecule has 1 aromatic rings. The molecule has 1 unspecified atom stereocenters. The van der Waals surface area contributed by atoms with Crippen molar-refractivity contribution >= 4 is 23.5 Å². The number of rotatable bonds is 7. The fraction of sp³-hybridized carbons (Fsp3) is 0.579. The molecule has 6 nitrogen and oxygen atoms in total. The van der Waals surface area contributed by atoms with Gasteiger partial charge < -0.3 is 15.0 Å². The van der Waals surface area contributed by atoms with Crippen LogP contribution >= 0.6 is 11.6 Å². The van der Waals surface area contributed by atoms with Crippen LogP contribution in [0.25, 0.3) is 0 Å². The molecular weight excluding hydrogens is 354 g/mol. The summed E-state index contributed by atoms with van der Waals surface area (Å²) in [7, 11) is 1.91. The number of benzene rings is 1. The number of imide groups is 1. The van der Waals surface area contributed by atoms with E-state index in [-0.39, 0.29) is 24.0 Å². The summed E-state index contributed by atoms with van der Waals surface area (Å²) in [5.74, 6) is 0.466. The first kappa shape index (κ1) is 20.5. The van der Waals surface area contributed by atoms with Crippen molar-refractivity contribution in [2.45, 2.75) is 51.1 Å². The number of carbonyl (C=O) groups excluding carboxylic acids is 2. The van der Waals surface area contributed by atoms with Crippen LogP contribution in [0, 0.1) is 0 Å². The standard InChI is InChI=1S/C19H28ClN3O3/c1-14(18(24)22-19(25)21-16-6-4-3-5-7-16)23(2)12-13-26-17-10-8-15(20)9-11-17/h8-11,14,16H,3-7,12-13H2,1-2H3,(H2,21,22,24,25)/p+1/t14-/m1/s1. The summed E-state index contributed by atoms with van der Waals surface area (Å²) in [6.07, 6.45) is 5.47. The molecule has 0 heterocycles. The molecule has 1 saturated carbocycles. The molecule has 7 heteroatoms. The molecule has 2 rings (SSSR count). The van der Waals surface area contributed by atoms with Crippen LogP contribution in [0.5, 0.6) is 5.75 Å². The highest BCUT2D eigenvalue weighted by atomic mass is 35.5. The zero-order valence-electron chi connectivity index (χ0n) is 15.5. The highest BCUT2D eigenvalue weighted by molar-refractivity contribution is 6.30. The van der Waals surface area contributed by atoms with Gasteiger partial charge >= 0.3 is 6.03 Å². The summed E-state index contributed by atoms with van der Waals surface area (Å²) in [4.78, 5) is 25.2. The van der Waals surface area contributed by atoms with E-state index in [0.717, 1.165) is 36.3 Å². The van der Waals surface area contributed by atoms with Crippen LogP contribution in [-0.4, -0.2) is 44.2 Å². The van der Waals surface area contributed by atoms with Crippen LogP contribution in [0.4, 0.5) is 4.79 Å². The minimum absolute atomic E-state index is 0.185. The van der Waals surface area contributed by atoms with Gasteiger partial charge in [0, 0.05) is 11.1 Å². The molecule has 1 aliphatic rings. The summed E-state index contributed by atoms with van der Waals surface area (Å²) < 4.78 is 5.65. The van der Waals surface area contributed by atoms with Gasteiger partial charge in [0.05, 0.1) is 7.05 Å². The van der Waals surface area contributed by atoms with Crippen molar-refractivity contribution in [2.75, 3.05) is 20.2 Å². The van der Waals surface area contributed by atoms with E-state index in [1.54, 1.807) is 19.1 Å². The molecule has 144 valence electrons. The van der Waals surface area contributed by atoms with Crippen LogP contribution in [0.3, 0.4) is 0 Å². The molecule has 0 aromatic heterocycles. The van der Waals surface area contributed by atoms with Crippen LogP contribution in [0.1, 0.15) is 39.0 Å². The van der Waals surface area contributed by atoms with Gasteiger partial charge in [-0.2, -0.15) is 0 Å². The molecule has 0 spiro atoms. The molecule has 1 aromatic carbocycles. The molecule has 1 aliphatic carbocycles. The highest BCUT2D eigenvalue weighted by Gasteiger charge is 2.24. The van der Waals surface area contributed by atoms with Gasteiger partial charge in [0.2, 0.25) is 0 Å². The number of hydrogen-bond acceptors (Lipinski definition) is 3. The normalized spacial score (nSPS) is 17.2. The van der Waals surface area contributed by atoms with Crippen LogP contribution in [0.15, 0.2) is 24.3 Å². The molecular formula is C19H29ClN3O3+. The minimum Gasteiger partial charge on any atom is -0.488 e. The van der Waals surface area contributed by atoms with E-state index in [0.29, 0.717) is 18.2 Å². The first-order valence-corrected chi connectivity index (χ1v) is 9.65. The lowest BCUT2D eigenvalue weighted by Gasteiger charge is -2.24. The Bertz CT molecular complexity index is 588. The zero-order valence-corrected chi connectivity index (χ0v) is 16.3. The number of halogens is 1. The third-order valence-electron chi connectivity index (χ3n) is 4.89. The smallest absolute Gasteiger partial charge is 0.321 e. The molecule has 3 amide bonds. The lowest BCUT2D eigenvalue weighted by molar-refractivity contribution is -0.894. The fourth-order valence-corrected chi connectivity index (χ4v) is 3.12. The van der Waals surface area contributed by atoms with E-state index in [9.17, 15) is 9.59 Å². The number of amides is 3. The van der Waals surface area contributed by atoms with Gasteiger partial charge in [-0.05, 0) is 44.0 Å². The van der Waals surface area contributed by atoms with E-state index in [1.807, 2.05) is 19.2 Å². The summed E-state index contributed by atoms with van der Waals surface area (Å²) in [5, 5.41) is 6.02. The van der Waals surface area contributed by atoms with Crippen LogP contribution < -0.4 is 20.3 Å². The van der Waals surface area contributed by atoms with Gasteiger partial charge in [-0.1, -0.05) is 30.9 Å². The Morgan fingerprint density at radius 2 is 1.88 bits per heavy atom. The number of carbonyl (C=O) groups is 2. The predicted octanol–water partition coefficient (Wildman–Crippen LogP) is 1.78. The van der Waals surface area contributed by atoms with E-state index in [2.05, 4.69) is 10.6 Å². The molecule has 1 fully saturated rings. The highest BCUT2D eigenvalue weighted by Crippen LogP contribution is 2.17. The summed E-state index contributed by atoms with van der Waals surface area (Å²) in [6.45, 7) is 2.92. The zero-order chi connectivity index (χ0) is 18.9. The number of urea groups is 1. The molecule has 0 bridgehead atoms. The predicted molar refractivity (Wildman–Crippen MR) is 102 cm³/mol. The Morgan fingerprint density at radius 3 is 2.54 bits per heavy atom. The number of likely N-dealkylation sites (N-methyl/N-ethyl adjacent to an activating group) is 1. The van der Waals surface area contributed by atoms with Gasteiger partial charge in [0.1, 0.15) is 18.9 Å². The van der Waals surface area contributed by atoms with Gasteiger partial charge in [-0.15, -0.1) is 0 Å². The monoisotopic (exact) mass is 382 g/mol. The number of ether oxygens (including phenoxy) is 1. The Hall–Kier alpha value is -1.79. The Kier molecular flexibility index (Phi) is 8.19. The second kappa shape index (κ2) is 10.4. The van der Waals surface area contributed by atoms with Crippen molar-refractivity contribution in [2.24, 2.45) is 0 Å². The SMILES string of the molecule is C[C@H](C(=O)NC(=O)NC1CCCCC1)[NH+](C)CCOc1ccc(Cl)cc1. The van der Waals surface area contributed by atoms with E-state index < -0.39 is 0 Å². The first-order valence-electron chi connectivity index (χ1n) is 9.27. The van der Waals surface area contributed by atoms with Gasteiger partial charge in [-0.3, -0.25) is 10.1 Å². The molecule has 0 saturated heterocycles. The number of nitrogens with one attached hydrogen (secondary N) is 3. The van der Waals surface area contributed by atoms with Crippen LogP contribution in [-0.2, 0) is 4.79 Å². The van der Waals surface area contributed by atoms with Crippen molar-refractivity contribution < 1.29 is 19.2 Å². The van der Waals surface area contributed by atoms with Crippen molar-refractivity contribution in [3.05, 3.63) is 29.3 Å². The second-order valence-corrected chi connectivity index (χ2v) is 7.35. The third-order valence-corrected chi connectivity index (χ3v) is 5.14. The summed E-state index contributed by atoms with van der Waals surface area (Å²) >= 11 is 5.84. The third kappa shape index (κ3) is 6.84.